The molecule has 4 nitrogen and oxygen atoms in total. The molecule has 0 fully saturated rings. The minimum Gasteiger partial charge on any atom is -0.325 e. The van der Waals surface area contributed by atoms with Crippen LogP contribution in [0.15, 0.2) is 48.5 Å². The van der Waals surface area contributed by atoms with E-state index in [0.29, 0.717) is 16.9 Å². The predicted octanol–water partition coefficient (Wildman–Crippen LogP) is 3.58. The van der Waals surface area contributed by atoms with E-state index < -0.39 is 0 Å². The highest BCUT2D eigenvalue weighted by atomic mass is 79.9. The molecule has 0 aliphatic rings. The highest BCUT2D eigenvalue weighted by Gasteiger charge is 2.08. The van der Waals surface area contributed by atoms with Crippen molar-refractivity contribution in [1.29, 1.82) is 0 Å². The second kappa shape index (κ2) is 7.04. The van der Waals surface area contributed by atoms with Crippen molar-refractivity contribution in [2.75, 3.05) is 16.0 Å². The number of rotatable bonds is 4. The smallest absolute Gasteiger partial charge is 0.255 e. The Morgan fingerprint density at radius 1 is 0.952 bits per heavy atom. The van der Waals surface area contributed by atoms with Crippen LogP contribution in [0.3, 0.4) is 0 Å². The van der Waals surface area contributed by atoms with Crippen LogP contribution in [0.2, 0.25) is 0 Å². The van der Waals surface area contributed by atoms with E-state index in [9.17, 15) is 9.59 Å². The van der Waals surface area contributed by atoms with Gasteiger partial charge in [-0.2, -0.15) is 0 Å². The van der Waals surface area contributed by atoms with E-state index in [1.807, 2.05) is 25.1 Å². The predicted molar refractivity (Wildman–Crippen MR) is 88.0 cm³/mol. The molecule has 0 bridgehead atoms. The maximum absolute atomic E-state index is 12.2. The Morgan fingerprint density at radius 2 is 1.52 bits per heavy atom. The first-order valence-corrected chi connectivity index (χ1v) is 7.55. The van der Waals surface area contributed by atoms with Gasteiger partial charge in [-0.05, 0) is 42.8 Å². The summed E-state index contributed by atoms with van der Waals surface area (Å²) in [7, 11) is 0. The van der Waals surface area contributed by atoms with Crippen molar-refractivity contribution in [2.24, 2.45) is 0 Å². The fourth-order valence-corrected chi connectivity index (χ4v) is 2.00. The number of hydrogen-bond donors (Lipinski definition) is 2. The van der Waals surface area contributed by atoms with Gasteiger partial charge in [0.05, 0.1) is 5.33 Å². The lowest BCUT2D eigenvalue weighted by molar-refractivity contribution is -0.113. The summed E-state index contributed by atoms with van der Waals surface area (Å²) >= 11 is 3.08. The van der Waals surface area contributed by atoms with Gasteiger partial charge in [0.25, 0.3) is 5.91 Å². The summed E-state index contributed by atoms with van der Waals surface area (Å²) < 4.78 is 0. The number of nitrogens with one attached hydrogen (secondary N) is 2. The van der Waals surface area contributed by atoms with Crippen molar-refractivity contribution in [1.82, 2.24) is 0 Å². The Morgan fingerprint density at radius 3 is 2.10 bits per heavy atom. The molecule has 2 N–H and O–H groups in total. The average molecular weight is 347 g/mol. The van der Waals surface area contributed by atoms with E-state index in [2.05, 4.69) is 26.6 Å². The summed E-state index contributed by atoms with van der Waals surface area (Å²) in [6.45, 7) is 1.90. The van der Waals surface area contributed by atoms with Crippen molar-refractivity contribution in [3.63, 3.8) is 0 Å². The second-order valence-electron chi connectivity index (χ2n) is 4.53. The maximum Gasteiger partial charge on any atom is 0.255 e. The fourth-order valence-electron chi connectivity index (χ4n) is 1.86. The lowest BCUT2D eigenvalue weighted by Crippen LogP contribution is -2.14. The van der Waals surface area contributed by atoms with E-state index in [1.54, 1.807) is 30.3 Å². The summed E-state index contributed by atoms with van der Waals surface area (Å²) in [5, 5.41) is 5.80. The summed E-state index contributed by atoms with van der Waals surface area (Å²) in [5.74, 6) is -0.267. The Balaban J connectivity index is 2.05. The molecule has 2 aromatic rings. The van der Waals surface area contributed by atoms with E-state index in [1.165, 1.54) is 0 Å². The third kappa shape index (κ3) is 4.16. The first-order chi connectivity index (χ1) is 10.1. The van der Waals surface area contributed by atoms with Gasteiger partial charge in [0.2, 0.25) is 5.91 Å². The van der Waals surface area contributed by atoms with Crippen LogP contribution in [-0.2, 0) is 4.79 Å². The van der Waals surface area contributed by atoms with Crippen molar-refractivity contribution in [2.45, 2.75) is 6.92 Å². The summed E-state index contributed by atoms with van der Waals surface area (Å²) in [6, 6.07) is 14.4. The molecule has 0 atom stereocenters. The molecular formula is C16H15BrN2O2. The zero-order valence-electron chi connectivity index (χ0n) is 11.5. The summed E-state index contributed by atoms with van der Waals surface area (Å²) in [5.41, 5.74) is 2.94. The zero-order valence-corrected chi connectivity index (χ0v) is 13.1. The molecule has 2 amide bonds. The monoisotopic (exact) mass is 346 g/mol. The van der Waals surface area contributed by atoms with Gasteiger partial charge in [0, 0.05) is 16.9 Å². The van der Waals surface area contributed by atoms with Crippen LogP contribution >= 0.6 is 15.9 Å². The van der Waals surface area contributed by atoms with E-state index in [4.69, 9.17) is 0 Å². The molecule has 108 valence electrons. The molecule has 0 unspecified atom stereocenters. The second-order valence-corrected chi connectivity index (χ2v) is 5.09. The van der Waals surface area contributed by atoms with Crippen molar-refractivity contribution in [3.8, 4) is 0 Å². The molecule has 0 saturated heterocycles. The number of carbonyl (C=O) groups is 2. The molecule has 0 radical (unpaired) electrons. The van der Waals surface area contributed by atoms with Crippen LogP contribution in [-0.4, -0.2) is 17.1 Å². The number of carbonyl (C=O) groups excluding carboxylic acids is 2. The lowest BCUT2D eigenvalue weighted by atomic mass is 10.1. The normalized spacial score (nSPS) is 10.0. The van der Waals surface area contributed by atoms with E-state index in [-0.39, 0.29) is 17.1 Å². The molecule has 0 aliphatic carbocycles. The molecule has 21 heavy (non-hydrogen) atoms. The van der Waals surface area contributed by atoms with Gasteiger partial charge in [-0.25, -0.2) is 0 Å². The highest BCUT2D eigenvalue weighted by Crippen LogP contribution is 2.16. The van der Waals surface area contributed by atoms with Crippen LogP contribution in [0.5, 0.6) is 0 Å². The average Bonchev–Trinajstić information content (AvgIpc) is 2.49. The Labute approximate surface area is 131 Å². The number of aryl methyl sites for hydroxylation is 1. The standard InChI is InChI=1S/C16H15BrN2O2/c1-11-4-2-3-5-14(11)16(21)19-13-8-6-12(7-9-13)18-15(20)10-17/h2-9H,10H2,1H3,(H,18,20)(H,19,21). The lowest BCUT2D eigenvalue weighted by Gasteiger charge is -2.08. The van der Waals surface area contributed by atoms with Crippen LogP contribution < -0.4 is 10.6 Å². The van der Waals surface area contributed by atoms with Gasteiger partial charge in [-0.15, -0.1) is 0 Å². The summed E-state index contributed by atoms with van der Waals surface area (Å²) in [6.07, 6.45) is 0. The van der Waals surface area contributed by atoms with Crippen molar-refractivity contribution < 1.29 is 9.59 Å². The Hall–Kier alpha value is -2.14. The molecule has 0 aliphatic heterocycles. The van der Waals surface area contributed by atoms with Crippen LogP contribution in [0.1, 0.15) is 15.9 Å². The molecule has 2 rings (SSSR count). The van der Waals surface area contributed by atoms with Crippen LogP contribution in [0.4, 0.5) is 11.4 Å². The Bertz CT molecular complexity index is 654. The van der Waals surface area contributed by atoms with Gasteiger partial charge in [-0.3, -0.25) is 9.59 Å². The zero-order chi connectivity index (χ0) is 15.2. The van der Waals surface area contributed by atoms with E-state index >= 15 is 0 Å². The van der Waals surface area contributed by atoms with Gasteiger partial charge >= 0.3 is 0 Å². The molecule has 0 saturated carbocycles. The number of anilines is 2. The highest BCUT2D eigenvalue weighted by molar-refractivity contribution is 9.09. The summed E-state index contributed by atoms with van der Waals surface area (Å²) in [4.78, 5) is 23.4. The number of hydrogen-bond acceptors (Lipinski definition) is 2. The van der Waals surface area contributed by atoms with Crippen LogP contribution in [0, 0.1) is 6.92 Å². The quantitative estimate of drug-likeness (QED) is 0.831. The molecule has 0 spiro atoms. The number of amides is 2. The minimum atomic E-state index is -0.148. The third-order valence-corrected chi connectivity index (χ3v) is 3.45. The van der Waals surface area contributed by atoms with Gasteiger partial charge in [0.15, 0.2) is 0 Å². The Kier molecular flexibility index (Phi) is 5.11. The van der Waals surface area contributed by atoms with E-state index in [0.717, 1.165) is 5.56 Å². The van der Waals surface area contributed by atoms with Crippen LogP contribution in [0.25, 0.3) is 0 Å². The topological polar surface area (TPSA) is 58.2 Å². The largest absolute Gasteiger partial charge is 0.325 e. The third-order valence-electron chi connectivity index (χ3n) is 2.94. The van der Waals surface area contributed by atoms with Gasteiger partial charge in [0.1, 0.15) is 0 Å². The first-order valence-electron chi connectivity index (χ1n) is 6.43. The SMILES string of the molecule is Cc1ccccc1C(=O)Nc1ccc(NC(=O)CBr)cc1. The van der Waals surface area contributed by atoms with Gasteiger partial charge in [-0.1, -0.05) is 34.1 Å². The number of alkyl halides is 1. The minimum absolute atomic E-state index is 0.119. The number of benzene rings is 2. The molecule has 2 aromatic carbocycles. The van der Waals surface area contributed by atoms with Gasteiger partial charge < -0.3 is 10.6 Å². The maximum atomic E-state index is 12.2. The molecule has 5 heteroatoms. The van der Waals surface area contributed by atoms with Crippen molar-refractivity contribution in [3.05, 3.63) is 59.7 Å². The number of halogens is 1. The molecule has 0 aromatic heterocycles. The molecule has 0 heterocycles. The molecular weight excluding hydrogens is 332 g/mol. The first kappa shape index (κ1) is 15.3. The fraction of sp³-hybridized carbons (Fsp3) is 0.125. The van der Waals surface area contributed by atoms with Crippen molar-refractivity contribution >= 4 is 39.1 Å².